The lowest BCUT2D eigenvalue weighted by Gasteiger charge is -2.38. The zero-order valence-electron chi connectivity index (χ0n) is 11.3. The predicted octanol–water partition coefficient (Wildman–Crippen LogP) is 0.281. The Bertz CT molecular complexity index is 453. The number of carbonyl (C=O) groups is 4. The van der Waals surface area contributed by atoms with Gasteiger partial charge in [0, 0.05) is 13.0 Å². The summed E-state index contributed by atoms with van der Waals surface area (Å²) < 4.78 is 0. The number of urea groups is 1. The van der Waals surface area contributed by atoms with E-state index in [0.717, 1.165) is 30.6 Å². The van der Waals surface area contributed by atoms with Crippen LogP contribution in [-0.4, -0.2) is 35.2 Å². The van der Waals surface area contributed by atoms with E-state index in [-0.39, 0.29) is 13.0 Å². The third-order valence-electron chi connectivity index (χ3n) is 4.09. The summed E-state index contributed by atoms with van der Waals surface area (Å²) in [5.41, 5.74) is 3.91. The second kappa shape index (κ2) is 5.60. The summed E-state index contributed by atoms with van der Waals surface area (Å²) in [5.74, 6) is -1.56. The highest BCUT2D eigenvalue weighted by molar-refractivity contribution is 6.19. The van der Waals surface area contributed by atoms with Crippen molar-refractivity contribution in [2.45, 2.75) is 44.9 Å². The Morgan fingerprint density at radius 1 is 1.15 bits per heavy atom. The van der Waals surface area contributed by atoms with Gasteiger partial charge in [0.2, 0.25) is 17.7 Å². The molecule has 0 aromatic carbocycles. The first kappa shape index (κ1) is 14.5. The van der Waals surface area contributed by atoms with Crippen molar-refractivity contribution in [3.05, 3.63) is 0 Å². The van der Waals surface area contributed by atoms with Crippen LogP contribution in [0.15, 0.2) is 0 Å². The Kier molecular flexibility index (Phi) is 4.06. The van der Waals surface area contributed by atoms with E-state index in [1.54, 1.807) is 0 Å². The van der Waals surface area contributed by atoms with Gasteiger partial charge >= 0.3 is 6.03 Å². The number of hydrogen-bond acceptors (Lipinski definition) is 4. The fourth-order valence-corrected chi connectivity index (χ4v) is 2.93. The number of carbonyl (C=O) groups excluding carboxylic acids is 4. The van der Waals surface area contributed by atoms with Gasteiger partial charge in [-0.2, -0.15) is 0 Å². The summed E-state index contributed by atoms with van der Waals surface area (Å²) in [4.78, 5) is 48.3. The lowest BCUT2D eigenvalue weighted by atomic mass is 9.77. The van der Waals surface area contributed by atoms with Crippen LogP contribution in [0.2, 0.25) is 0 Å². The molecule has 2 fully saturated rings. The average molecular weight is 281 g/mol. The predicted molar refractivity (Wildman–Crippen MR) is 69.2 cm³/mol. The molecule has 7 nitrogen and oxygen atoms in total. The Hall–Kier alpha value is -1.92. The summed E-state index contributed by atoms with van der Waals surface area (Å²) in [5, 5.41) is 2.25. The molecule has 5 amide bonds. The quantitative estimate of drug-likeness (QED) is 0.724. The van der Waals surface area contributed by atoms with Crippen LogP contribution in [0.4, 0.5) is 4.79 Å². The summed E-state index contributed by atoms with van der Waals surface area (Å²) in [7, 11) is 0. The van der Waals surface area contributed by atoms with Crippen LogP contribution < -0.4 is 11.1 Å². The van der Waals surface area contributed by atoms with Gasteiger partial charge in [-0.25, -0.2) is 4.79 Å². The molecule has 0 unspecified atom stereocenters. The van der Waals surface area contributed by atoms with E-state index in [9.17, 15) is 19.2 Å². The highest BCUT2D eigenvalue weighted by atomic mass is 16.2. The van der Waals surface area contributed by atoms with E-state index in [2.05, 4.69) is 5.32 Å². The zero-order valence-corrected chi connectivity index (χ0v) is 11.3. The molecule has 1 aliphatic carbocycles. The molecule has 1 saturated carbocycles. The monoisotopic (exact) mass is 281 g/mol. The van der Waals surface area contributed by atoms with Crippen LogP contribution in [0.3, 0.4) is 0 Å². The van der Waals surface area contributed by atoms with Crippen LogP contribution in [0.1, 0.15) is 44.9 Å². The fraction of sp³-hybridized carbons (Fsp3) is 0.692. The van der Waals surface area contributed by atoms with Crippen LogP contribution in [-0.2, 0) is 14.4 Å². The third-order valence-corrected chi connectivity index (χ3v) is 4.09. The molecule has 0 radical (unpaired) electrons. The number of amides is 5. The molecule has 1 heterocycles. The van der Waals surface area contributed by atoms with Crippen molar-refractivity contribution in [2.24, 2.45) is 11.1 Å². The molecule has 20 heavy (non-hydrogen) atoms. The van der Waals surface area contributed by atoms with Crippen molar-refractivity contribution in [3.63, 3.8) is 0 Å². The van der Waals surface area contributed by atoms with Crippen molar-refractivity contribution in [1.29, 1.82) is 0 Å². The molecule has 0 aromatic rings. The molecule has 2 aliphatic rings. The lowest BCUT2D eigenvalue weighted by molar-refractivity contribution is -0.152. The van der Waals surface area contributed by atoms with Crippen LogP contribution in [0.25, 0.3) is 0 Å². The standard InChI is InChI=1S/C13H19N3O4/c14-9(17)5-8-16-11(19)13(10(18)15-12(16)20)6-3-1-2-4-7-13/h1-8H2,(H2,14,17)(H,15,18,20). The largest absolute Gasteiger partial charge is 0.370 e. The minimum Gasteiger partial charge on any atom is -0.370 e. The van der Waals surface area contributed by atoms with Gasteiger partial charge in [-0.05, 0) is 12.8 Å². The molecule has 2 rings (SSSR count). The molecule has 1 saturated heterocycles. The Balaban J connectivity index is 2.23. The molecule has 0 atom stereocenters. The van der Waals surface area contributed by atoms with Crippen molar-refractivity contribution in [3.8, 4) is 0 Å². The molecule has 1 aliphatic heterocycles. The summed E-state index contributed by atoms with van der Waals surface area (Å²) in [6.45, 7) is -0.0744. The number of imide groups is 2. The van der Waals surface area contributed by atoms with Crippen LogP contribution in [0.5, 0.6) is 0 Å². The number of rotatable bonds is 3. The molecule has 3 N–H and O–H groups in total. The SMILES string of the molecule is NC(=O)CCN1C(=O)NC(=O)C2(CCCCCC2)C1=O. The zero-order chi connectivity index (χ0) is 14.8. The molecule has 0 aromatic heterocycles. The van der Waals surface area contributed by atoms with E-state index in [1.165, 1.54) is 0 Å². The highest BCUT2D eigenvalue weighted by Crippen LogP contribution is 2.39. The third kappa shape index (κ3) is 2.52. The van der Waals surface area contributed by atoms with Gasteiger partial charge in [0.1, 0.15) is 5.41 Å². The number of nitrogens with two attached hydrogens (primary N) is 1. The Labute approximate surface area is 116 Å². The first-order valence-corrected chi connectivity index (χ1v) is 6.93. The maximum absolute atomic E-state index is 12.6. The normalized spacial score (nSPS) is 22.6. The fourth-order valence-electron chi connectivity index (χ4n) is 2.93. The second-order valence-electron chi connectivity index (χ2n) is 5.43. The minimum absolute atomic E-state index is 0.0744. The number of primary amides is 1. The van der Waals surface area contributed by atoms with Crippen molar-refractivity contribution in [2.75, 3.05) is 6.54 Å². The summed E-state index contributed by atoms with van der Waals surface area (Å²) >= 11 is 0. The average Bonchev–Trinajstić information content (AvgIpc) is 2.63. The van der Waals surface area contributed by atoms with Crippen molar-refractivity contribution in [1.82, 2.24) is 10.2 Å². The molecule has 110 valence electrons. The van der Waals surface area contributed by atoms with E-state index in [4.69, 9.17) is 5.73 Å². The van der Waals surface area contributed by atoms with Gasteiger partial charge in [-0.15, -0.1) is 0 Å². The molecule has 7 heteroatoms. The highest BCUT2D eigenvalue weighted by Gasteiger charge is 2.53. The van der Waals surface area contributed by atoms with Gasteiger partial charge in [0.25, 0.3) is 0 Å². The first-order valence-electron chi connectivity index (χ1n) is 6.93. The minimum atomic E-state index is -1.14. The lowest BCUT2D eigenvalue weighted by Crippen LogP contribution is -2.64. The summed E-state index contributed by atoms with van der Waals surface area (Å²) in [6.07, 6.45) is 4.36. The number of barbiturate groups is 1. The number of nitrogens with zero attached hydrogens (tertiary/aromatic N) is 1. The van der Waals surface area contributed by atoms with Crippen molar-refractivity contribution >= 4 is 23.8 Å². The van der Waals surface area contributed by atoms with E-state index < -0.39 is 29.2 Å². The first-order chi connectivity index (χ1) is 9.47. The van der Waals surface area contributed by atoms with E-state index >= 15 is 0 Å². The van der Waals surface area contributed by atoms with Gasteiger partial charge < -0.3 is 5.73 Å². The van der Waals surface area contributed by atoms with Gasteiger partial charge in [-0.3, -0.25) is 24.6 Å². The van der Waals surface area contributed by atoms with Crippen LogP contribution in [0, 0.1) is 5.41 Å². The maximum atomic E-state index is 12.6. The molecular weight excluding hydrogens is 262 g/mol. The van der Waals surface area contributed by atoms with E-state index in [1.807, 2.05) is 0 Å². The number of hydrogen-bond donors (Lipinski definition) is 2. The topological polar surface area (TPSA) is 110 Å². The van der Waals surface area contributed by atoms with E-state index in [0.29, 0.717) is 12.8 Å². The maximum Gasteiger partial charge on any atom is 0.330 e. The number of nitrogens with one attached hydrogen (secondary N) is 1. The van der Waals surface area contributed by atoms with Gasteiger partial charge in [-0.1, -0.05) is 25.7 Å². The molecule has 1 spiro atoms. The summed E-state index contributed by atoms with van der Waals surface area (Å²) in [6, 6.07) is -0.754. The Morgan fingerprint density at radius 2 is 1.75 bits per heavy atom. The van der Waals surface area contributed by atoms with Crippen molar-refractivity contribution < 1.29 is 19.2 Å². The second-order valence-corrected chi connectivity index (χ2v) is 5.43. The van der Waals surface area contributed by atoms with Gasteiger partial charge in [0.05, 0.1) is 0 Å². The van der Waals surface area contributed by atoms with Crippen LogP contribution >= 0.6 is 0 Å². The smallest absolute Gasteiger partial charge is 0.330 e. The Morgan fingerprint density at radius 3 is 2.30 bits per heavy atom. The molecule has 0 bridgehead atoms. The molecular formula is C13H19N3O4. The van der Waals surface area contributed by atoms with Gasteiger partial charge in [0.15, 0.2) is 0 Å².